The molecule has 0 aliphatic heterocycles. The van der Waals surface area contributed by atoms with Crippen molar-refractivity contribution in [3.8, 4) is 5.75 Å². The Balaban J connectivity index is 2.07. The van der Waals surface area contributed by atoms with E-state index in [9.17, 15) is 8.78 Å². The monoisotopic (exact) mass is 293 g/mol. The lowest BCUT2D eigenvalue weighted by Crippen LogP contribution is -2.36. The lowest BCUT2D eigenvalue weighted by Gasteiger charge is -2.22. The highest BCUT2D eigenvalue weighted by Gasteiger charge is 2.37. The molecule has 1 atom stereocenters. The first kappa shape index (κ1) is 15.4. The van der Waals surface area contributed by atoms with Crippen LogP contribution in [0.5, 0.6) is 5.75 Å². The van der Waals surface area contributed by atoms with Crippen LogP contribution in [0.3, 0.4) is 0 Å². The van der Waals surface area contributed by atoms with Crippen molar-refractivity contribution in [2.24, 2.45) is 5.73 Å². The number of benzene rings is 2. The molecule has 0 amide bonds. The molecule has 3 nitrogen and oxygen atoms in total. The zero-order valence-corrected chi connectivity index (χ0v) is 11.4. The molecule has 0 saturated carbocycles. The lowest BCUT2D eigenvalue weighted by molar-refractivity contribution is -0.0712. The Labute approximate surface area is 122 Å². The molecule has 0 heterocycles. The zero-order valence-electron chi connectivity index (χ0n) is 11.4. The predicted molar refractivity (Wildman–Crippen MR) is 76.2 cm³/mol. The van der Waals surface area contributed by atoms with Crippen molar-refractivity contribution in [1.29, 1.82) is 0 Å². The summed E-state index contributed by atoms with van der Waals surface area (Å²) in [6.45, 7) is -0.945. The van der Waals surface area contributed by atoms with Crippen molar-refractivity contribution in [3.05, 3.63) is 65.7 Å². The molecule has 0 aliphatic rings. The van der Waals surface area contributed by atoms with Crippen LogP contribution in [-0.4, -0.2) is 17.6 Å². The maximum absolute atomic E-state index is 13.4. The standard InChI is InChI=1S/C16H17F2NO2/c17-16(18,11-20)15(19)13-7-4-8-14(9-13)21-10-12-5-2-1-3-6-12/h1-9,15,20H,10-11,19H2/t15-/m1/s1. The van der Waals surface area contributed by atoms with Crippen LogP contribution in [-0.2, 0) is 6.61 Å². The highest BCUT2D eigenvalue weighted by atomic mass is 19.3. The van der Waals surface area contributed by atoms with E-state index in [4.69, 9.17) is 15.6 Å². The minimum Gasteiger partial charge on any atom is -0.489 e. The summed E-state index contributed by atoms with van der Waals surface area (Å²) in [5.74, 6) is -2.90. The number of halogens is 2. The highest BCUT2D eigenvalue weighted by molar-refractivity contribution is 5.32. The van der Waals surface area contributed by atoms with E-state index in [1.807, 2.05) is 30.3 Å². The maximum atomic E-state index is 13.4. The molecule has 0 saturated heterocycles. The van der Waals surface area contributed by atoms with E-state index >= 15 is 0 Å². The van der Waals surface area contributed by atoms with Gasteiger partial charge in [-0.05, 0) is 23.3 Å². The van der Waals surface area contributed by atoms with Crippen LogP contribution in [0.15, 0.2) is 54.6 Å². The molecule has 0 aromatic heterocycles. The molecule has 0 radical (unpaired) electrons. The van der Waals surface area contributed by atoms with Gasteiger partial charge in [-0.3, -0.25) is 0 Å². The SMILES string of the molecule is N[C@H](c1cccc(OCc2ccccc2)c1)C(F)(F)CO. The summed E-state index contributed by atoms with van der Waals surface area (Å²) < 4.78 is 32.4. The number of aliphatic hydroxyl groups is 1. The van der Waals surface area contributed by atoms with E-state index in [0.717, 1.165) is 5.56 Å². The molecule has 2 rings (SSSR count). The van der Waals surface area contributed by atoms with Crippen LogP contribution in [0.25, 0.3) is 0 Å². The molecule has 0 unspecified atom stereocenters. The van der Waals surface area contributed by atoms with Gasteiger partial charge in [0.2, 0.25) is 0 Å². The largest absolute Gasteiger partial charge is 0.489 e. The highest BCUT2D eigenvalue weighted by Crippen LogP contribution is 2.30. The van der Waals surface area contributed by atoms with E-state index in [-0.39, 0.29) is 5.56 Å². The third-order valence-electron chi connectivity index (χ3n) is 3.13. The van der Waals surface area contributed by atoms with Crippen LogP contribution in [0.1, 0.15) is 17.2 Å². The second-order valence-electron chi connectivity index (χ2n) is 4.74. The van der Waals surface area contributed by atoms with E-state index < -0.39 is 18.6 Å². The second-order valence-corrected chi connectivity index (χ2v) is 4.74. The van der Waals surface area contributed by atoms with Gasteiger partial charge in [0.1, 0.15) is 19.0 Å². The van der Waals surface area contributed by atoms with Gasteiger partial charge in [0.15, 0.2) is 0 Å². The molecular formula is C16H17F2NO2. The number of alkyl halides is 2. The van der Waals surface area contributed by atoms with Gasteiger partial charge in [0.05, 0.1) is 6.04 Å². The van der Waals surface area contributed by atoms with Crippen LogP contribution >= 0.6 is 0 Å². The normalized spacial score (nSPS) is 13.0. The molecule has 0 bridgehead atoms. The van der Waals surface area contributed by atoms with Crippen LogP contribution in [0, 0.1) is 0 Å². The van der Waals surface area contributed by atoms with Gasteiger partial charge in [-0.15, -0.1) is 0 Å². The zero-order chi connectivity index (χ0) is 15.3. The third kappa shape index (κ3) is 4.00. The van der Waals surface area contributed by atoms with Crippen molar-refractivity contribution >= 4 is 0 Å². The quantitative estimate of drug-likeness (QED) is 0.861. The molecule has 2 aromatic carbocycles. The van der Waals surface area contributed by atoms with Crippen molar-refractivity contribution in [2.75, 3.05) is 6.61 Å². The molecule has 2 aromatic rings. The number of aliphatic hydroxyl groups excluding tert-OH is 1. The Bertz CT molecular complexity index is 575. The van der Waals surface area contributed by atoms with Gasteiger partial charge < -0.3 is 15.6 Å². The van der Waals surface area contributed by atoms with Gasteiger partial charge >= 0.3 is 0 Å². The summed E-state index contributed by atoms with van der Waals surface area (Å²) in [7, 11) is 0. The van der Waals surface area contributed by atoms with E-state index in [1.165, 1.54) is 12.1 Å². The van der Waals surface area contributed by atoms with Gasteiger partial charge in [0, 0.05) is 0 Å². The minimum absolute atomic E-state index is 0.222. The summed E-state index contributed by atoms with van der Waals surface area (Å²) in [6.07, 6.45) is 0. The van der Waals surface area contributed by atoms with Crippen LogP contribution in [0.2, 0.25) is 0 Å². The third-order valence-corrected chi connectivity index (χ3v) is 3.13. The van der Waals surface area contributed by atoms with Gasteiger partial charge in [-0.2, -0.15) is 0 Å². The molecule has 112 valence electrons. The average molecular weight is 293 g/mol. The molecule has 0 fully saturated rings. The van der Waals surface area contributed by atoms with E-state index in [2.05, 4.69) is 0 Å². The van der Waals surface area contributed by atoms with Gasteiger partial charge in [-0.25, -0.2) is 8.78 Å². The molecule has 3 N–H and O–H groups in total. The summed E-state index contributed by atoms with van der Waals surface area (Å²) in [4.78, 5) is 0. The molecule has 0 aliphatic carbocycles. The van der Waals surface area contributed by atoms with Gasteiger partial charge in [-0.1, -0.05) is 42.5 Å². The second kappa shape index (κ2) is 6.65. The summed E-state index contributed by atoms with van der Waals surface area (Å²) in [5, 5.41) is 8.69. The van der Waals surface area contributed by atoms with Crippen molar-refractivity contribution in [3.63, 3.8) is 0 Å². The first-order valence-electron chi connectivity index (χ1n) is 6.54. The number of hydrogen-bond donors (Lipinski definition) is 2. The van der Waals surface area contributed by atoms with Crippen LogP contribution < -0.4 is 10.5 Å². The van der Waals surface area contributed by atoms with Crippen molar-refractivity contribution in [1.82, 2.24) is 0 Å². The first-order chi connectivity index (χ1) is 10.0. The molecule has 21 heavy (non-hydrogen) atoms. The smallest absolute Gasteiger partial charge is 0.289 e. The van der Waals surface area contributed by atoms with Crippen molar-refractivity contribution < 1.29 is 18.6 Å². The topological polar surface area (TPSA) is 55.5 Å². The fourth-order valence-electron chi connectivity index (χ4n) is 1.88. The van der Waals surface area contributed by atoms with E-state index in [1.54, 1.807) is 12.1 Å². The van der Waals surface area contributed by atoms with Crippen molar-refractivity contribution in [2.45, 2.75) is 18.6 Å². The minimum atomic E-state index is -3.36. The Morgan fingerprint density at radius 3 is 2.48 bits per heavy atom. The summed E-state index contributed by atoms with van der Waals surface area (Å²) >= 11 is 0. The molecular weight excluding hydrogens is 276 g/mol. The number of rotatable bonds is 6. The summed E-state index contributed by atoms with van der Waals surface area (Å²) in [6, 6.07) is 14.2. The van der Waals surface area contributed by atoms with Crippen LogP contribution in [0.4, 0.5) is 8.78 Å². The maximum Gasteiger partial charge on any atom is 0.289 e. The first-order valence-corrected chi connectivity index (χ1v) is 6.54. The fourth-order valence-corrected chi connectivity index (χ4v) is 1.88. The summed E-state index contributed by atoms with van der Waals surface area (Å²) in [5.41, 5.74) is 6.70. The Morgan fingerprint density at radius 2 is 1.81 bits per heavy atom. The van der Waals surface area contributed by atoms with Gasteiger partial charge in [0.25, 0.3) is 5.92 Å². The molecule has 0 spiro atoms. The predicted octanol–water partition coefficient (Wildman–Crippen LogP) is 2.89. The number of ether oxygens (including phenoxy) is 1. The van der Waals surface area contributed by atoms with E-state index in [0.29, 0.717) is 12.4 Å². The Morgan fingerprint density at radius 1 is 1.10 bits per heavy atom. The fraction of sp³-hybridized carbons (Fsp3) is 0.250. The lowest BCUT2D eigenvalue weighted by atomic mass is 10.0. The Kier molecular flexibility index (Phi) is 4.88. The Hall–Kier alpha value is -1.98. The number of hydrogen-bond acceptors (Lipinski definition) is 3. The average Bonchev–Trinajstić information content (AvgIpc) is 2.53. The molecule has 5 heteroatoms. The number of nitrogens with two attached hydrogens (primary N) is 1.